The fraction of sp³-hybridized carbons (Fsp3) is 0.182. The molecule has 1 N–H and O–H groups in total. The number of H-pyrrole nitrogens is 1. The highest BCUT2D eigenvalue weighted by atomic mass is 19.1. The zero-order chi connectivity index (χ0) is 17.5. The molecule has 0 radical (unpaired) electrons. The highest BCUT2D eigenvalue weighted by Crippen LogP contribution is 2.39. The van der Waals surface area contributed by atoms with Crippen molar-refractivity contribution in [3.63, 3.8) is 0 Å². The zero-order valence-corrected chi connectivity index (χ0v) is 14.3. The Morgan fingerprint density at radius 2 is 1.88 bits per heavy atom. The molecule has 3 nitrogen and oxygen atoms in total. The maximum Gasteiger partial charge on any atom is 0.123 e. The van der Waals surface area contributed by atoms with Crippen molar-refractivity contribution in [1.82, 2.24) is 9.88 Å². The number of aromatic amines is 1. The van der Waals surface area contributed by atoms with E-state index in [0.717, 1.165) is 36.4 Å². The minimum absolute atomic E-state index is 0.0526. The third-order valence-corrected chi connectivity index (χ3v) is 5.26. The Morgan fingerprint density at radius 1 is 1.04 bits per heavy atom. The first-order valence-electron chi connectivity index (χ1n) is 8.91. The van der Waals surface area contributed by atoms with E-state index in [2.05, 4.69) is 34.1 Å². The quantitative estimate of drug-likeness (QED) is 0.563. The SMILES string of the molecule is Fc1ccc(C2c3[nH]c4ccccc4c3CCN2Cc2ccco2)cc1. The third kappa shape index (κ3) is 2.54. The maximum absolute atomic E-state index is 13.5. The molecule has 0 aliphatic carbocycles. The van der Waals surface area contributed by atoms with E-state index >= 15 is 0 Å². The fourth-order valence-electron chi connectivity index (χ4n) is 4.09. The van der Waals surface area contributed by atoms with Crippen molar-refractivity contribution in [3.05, 3.63) is 95.3 Å². The highest BCUT2D eigenvalue weighted by Gasteiger charge is 2.32. The average molecular weight is 346 g/mol. The second-order valence-electron chi connectivity index (χ2n) is 6.82. The van der Waals surface area contributed by atoms with Gasteiger partial charge in [-0.2, -0.15) is 0 Å². The minimum atomic E-state index is -0.209. The molecule has 26 heavy (non-hydrogen) atoms. The van der Waals surface area contributed by atoms with Gasteiger partial charge in [0, 0.05) is 23.1 Å². The van der Waals surface area contributed by atoms with Gasteiger partial charge in [0.25, 0.3) is 0 Å². The summed E-state index contributed by atoms with van der Waals surface area (Å²) in [5.41, 5.74) is 4.82. The maximum atomic E-state index is 13.5. The molecular weight excluding hydrogens is 327 g/mol. The van der Waals surface area contributed by atoms with Crippen LogP contribution in [0.25, 0.3) is 10.9 Å². The van der Waals surface area contributed by atoms with Gasteiger partial charge < -0.3 is 9.40 Å². The third-order valence-electron chi connectivity index (χ3n) is 5.26. The van der Waals surface area contributed by atoms with E-state index in [1.807, 2.05) is 24.3 Å². The number of aromatic nitrogens is 1. The lowest BCUT2D eigenvalue weighted by Crippen LogP contribution is -2.35. The minimum Gasteiger partial charge on any atom is -0.468 e. The molecule has 0 saturated carbocycles. The number of hydrogen-bond acceptors (Lipinski definition) is 2. The molecule has 1 aliphatic rings. The van der Waals surface area contributed by atoms with E-state index in [4.69, 9.17) is 4.42 Å². The summed E-state index contributed by atoms with van der Waals surface area (Å²) in [5.74, 6) is 0.732. The molecule has 2 aromatic heterocycles. The lowest BCUT2D eigenvalue weighted by molar-refractivity contribution is 0.186. The van der Waals surface area contributed by atoms with Gasteiger partial charge in [-0.25, -0.2) is 4.39 Å². The van der Waals surface area contributed by atoms with Crippen LogP contribution in [0.3, 0.4) is 0 Å². The Kier molecular flexibility index (Phi) is 3.64. The van der Waals surface area contributed by atoms with Crippen LogP contribution in [0, 0.1) is 5.82 Å². The first kappa shape index (κ1) is 15.4. The van der Waals surface area contributed by atoms with Crippen LogP contribution in [-0.2, 0) is 13.0 Å². The molecule has 3 heterocycles. The lowest BCUT2D eigenvalue weighted by Gasteiger charge is -2.35. The van der Waals surface area contributed by atoms with Gasteiger partial charge in [-0.1, -0.05) is 30.3 Å². The van der Waals surface area contributed by atoms with Gasteiger partial charge in [-0.05, 0) is 47.9 Å². The van der Waals surface area contributed by atoms with E-state index in [1.165, 1.54) is 28.8 Å². The van der Waals surface area contributed by atoms with Crippen molar-refractivity contribution in [2.75, 3.05) is 6.54 Å². The molecule has 0 spiro atoms. The summed E-state index contributed by atoms with van der Waals surface area (Å²) in [4.78, 5) is 6.02. The Labute approximate surface area is 151 Å². The molecule has 4 heteroatoms. The van der Waals surface area contributed by atoms with Crippen LogP contribution in [0.5, 0.6) is 0 Å². The molecule has 0 amide bonds. The smallest absolute Gasteiger partial charge is 0.123 e. The summed E-state index contributed by atoms with van der Waals surface area (Å²) in [5, 5.41) is 1.28. The van der Waals surface area contributed by atoms with Crippen LogP contribution in [0.15, 0.2) is 71.3 Å². The number of halogens is 1. The van der Waals surface area contributed by atoms with Gasteiger partial charge in [-0.15, -0.1) is 0 Å². The van der Waals surface area contributed by atoms with E-state index in [1.54, 1.807) is 6.26 Å². The van der Waals surface area contributed by atoms with Crippen LogP contribution >= 0.6 is 0 Å². The number of fused-ring (bicyclic) bond motifs is 3. The normalized spacial score (nSPS) is 17.5. The Balaban J connectivity index is 1.64. The molecular formula is C22H19FN2O. The summed E-state index contributed by atoms with van der Waals surface area (Å²) in [6, 6.07) is 19.2. The predicted molar refractivity (Wildman–Crippen MR) is 99.4 cm³/mol. The van der Waals surface area contributed by atoms with Gasteiger partial charge >= 0.3 is 0 Å². The number of furan rings is 1. The van der Waals surface area contributed by atoms with Crippen LogP contribution in [0.2, 0.25) is 0 Å². The molecule has 0 saturated heterocycles. The van der Waals surface area contributed by atoms with Crippen molar-refractivity contribution in [3.8, 4) is 0 Å². The van der Waals surface area contributed by atoms with E-state index in [-0.39, 0.29) is 11.9 Å². The second-order valence-corrected chi connectivity index (χ2v) is 6.82. The van der Waals surface area contributed by atoms with Crippen molar-refractivity contribution >= 4 is 10.9 Å². The zero-order valence-electron chi connectivity index (χ0n) is 14.3. The summed E-state index contributed by atoms with van der Waals surface area (Å²) >= 11 is 0. The number of rotatable bonds is 3. The number of hydrogen-bond donors (Lipinski definition) is 1. The van der Waals surface area contributed by atoms with E-state index in [0.29, 0.717) is 0 Å². The summed E-state index contributed by atoms with van der Waals surface area (Å²) < 4.78 is 19.1. The van der Waals surface area contributed by atoms with Gasteiger partial charge in [0.2, 0.25) is 0 Å². The summed E-state index contributed by atoms with van der Waals surface area (Å²) in [7, 11) is 0. The Morgan fingerprint density at radius 3 is 2.69 bits per heavy atom. The molecule has 1 atom stereocenters. The first-order chi connectivity index (χ1) is 12.8. The molecule has 2 aromatic carbocycles. The number of nitrogens with one attached hydrogen (secondary N) is 1. The number of para-hydroxylation sites is 1. The molecule has 130 valence electrons. The Bertz CT molecular complexity index is 1030. The van der Waals surface area contributed by atoms with Gasteiger partial charge in [-0.3, -0.25) is 4.90 Å². The molecule has 1 unspecified atom stereocenters. The largest absolute Gasteiger partial charge is 0.468 e. The van der Waals surface area contributed by atoms with Crippen molar-refractivity contribution in [1.29, 1.82) is 0 Å². The van der Waals surface area contributed by atoms with Crippen LogP contribution in [-0.4, -0.2) is 16.4 Å². The van der Waals surface area contributed by atoms with Crippen LogP contribution in [0.1, 0.15) is 28.6 Å². The number of benzene rings is 2. The predicted octanol–water partition coefficient (Wildman–Crippen LogP) is 5.05. The fourth-order valence-corrected chi connectivity index (χ4v) is 4.09. The molecule has 0 bridgehead atoms. The Hall–Kier alpha value is -2.85. The van der Waals surface area contributed by atoms with Crippen molar-refractivity contribution in [2.45, 2.75) is 19.0 Å². The van der Waals surface area contributed by atoms with E-state index < -0.39 is 0 Å². The topological polar surface area (TPSA) is 32.2 Å². The molecule has 1 aliphatic heterocycles. The van der Waals surface area contributed by atoms with Crippen LogP contribution in [0.4, 0.5) is 4.39 Å². The molecule has 0 fully saturated rings. The van der Waals surface area contributed by atoms with Crippen molar-refractivity contribution < 1.29 is 8.81 Å². The van der Waals surface area contributed by atoms with Crippen LogP contribution < -0.4 is 0 Å². The van der Waals surface area contributed by atoms with Crippen molar-refractivity contribution in [2.24, 2.45) is 0 Å². The second kappa shape index (κ2) is 6.15. The summed E-state index contributed by atoms with van der Waals surface area (Å²) in [6.45, 7) is 1.65. The monoisotopic (exact) mass is 346 g/mol. The standard InChI is InChI=1S/C22H19FN2O/c23-16-9-7-15(8-10-16)22-21-19(18-5-1-2-6-20(18)24-21)11-12-25(22)14-17-4-3-13-26-17/h1-10,13,22,24H,11-12,14H2. The van der Waals surface area contributed by atoms with Gasteiger partial charge in [0.15, 0.2) is 0 Å². The molecule has 5 rings (SSSR count). The average Bonchev–Trinajstić information content (AvgIpc) is 3.30. The highest BCUT2D eigenvalue weighted by molar-refractivity contribution is 5.85. The van der Waals surface area contributed by atoms with E-state index in [9.17, 15) is 4.39 Å². The first-order valence-corrected chi connectivity index (χ1v) is 8.91. The lowest BCUT2D eigenvalue weighted by atomic mass is 9.92. The summed E-state index contributed by atoms with van der Waals surface area (Å²) in [6.07, 6.45) is 2.69. The van der Waals surface area contributed by atoms with Gasteiger partial charge in [0.1, 0.15) is 11.6 Å². The number of nitrogens with zero attached hydrogens (tertiary/aromatic N) is 1. The van der Waals surface area contributed by atoms with Gasteiger partial charge in [0.05, 0.1) is 18.8 Å². The molecule has 4 aromatic rings.